The van der Waals surface area contributed by atoms with Crippen LogP contribution in [0.3, 0.4) is 0 Å². The molecule has 92 valence electrons. The molecule has 4 nitrogen and oxygen atoms in total. The van der Waals surface area contributed by atoms with E-state index in [1.165, 1.54) is 6.42 Å². The summed E-state index contributed by atoms with van der Waals surface area (Å²) in [6.07, 6.45) is 3.30. The van der Waals surface area contributed by atoms with E-state index in [0.29, 0.717) is 18.6 Å². The third-order valence-electron chi connectivity index (χ3n) is 3.64. The van der Waals surface area contributed by atoms with E-state index < -0.39 is 0 Å². The highest BCUT2D eigenvalue weighted by Crippen LogP contribution is 2.21. The van der Waals surface area contributed by atoms with Gasteiger partial charge >= 0.3 is 6.03 Å². The molecule has 2 saturated heterocycles. The second-order valence-corrected chi connectivity index (χ2v) is 5.19. The average Bonchev–Trinajstić information content (AvgIpc) is 2.74. The average molecular weight is 226 g/mol. The number of carbonyl (C=O) groups excluding carboxylic acids is 1. The molecule has 0 radical (unpaired) electrons. The van der Waals surface area contributed by atoms with Crippen molar-refractivity contribution in [3.63, 3.8) is 0 Å². The van der Waals surface area contributed by atoms with Gasteiger partial charge in [-0.15, -0.1) is 0 Å². The van der Waals surface area contributed by atoms with Gasteiger partial charge in [0.15, 0.2) is 0 Å². The summed E-state index contributed by atoms with van der Waals surface area (Å²) in [5.74, 6) is 0.627. The van der Waals surface area contributed by atoms with Gasteiger partial charge in [-0.3, -0.25) is 0 Å². The normalized spacial score (nSPS) is 35.1. The van der Waals surface area contributed by atoms with Gasteiger partial charge in [-0.25, -0.2) is 4.79 Å². The van der Waals surface area contributed by atoms with Crippen LogP contribution in [-0.4, -0.2) is 42.8 Å². The molecule has 4 heteroatoms. The Morgan fingerprint density at radius 1 is 1.31 bits per heavy atom. The maximum atomic E-state index is 12.1. The van der Waals surface area contributed by atoms with Crippen LogP contribution in [0.2, 0.25) is 0 Å². The number of amides is 2. The zero-order chi connectivity index (χ0) is 11.5. The zero-order valence-electron chi connectivity index (χ0n) is 10.2. The molecule has 0 bridgehead atoms. The summed E-state index contributed by atoms with van der Waals surface area (Å²) in [7, 11) is 0. The Labute approximate surface area is 97.3 Å². The predicted octanol–water partition coefficient (Wildman–Crippen LogP) is 1.61. The molecule has 3 atom stereocenters. The smallest absolute Gasteiger partial charge is 0.317 e. The zero-order valence-corrected chi connectivity index (χ0v) is 10.2. The molecule has 0 saturated carbocycles. The first kappa shape index (κ1) is 11.7. The van der Waals surface area contributed by atoms with Crippen molar-refractivity contribution >= 4 is 6.03 Å². The van der Waals surface area contributed by atoms with Gasteiger partial charge in [-0.1, -0.05) is 6.92 Å². The molecule has 2 heterocycles. The molecule has 0 aromatic carbocycles. The van der Waals surface area contributed by atoms with Crippen molar-refractivity contribution in [2.45, 2.75) is 45.2 Å². The minimum absolute atomic E-state index is 0.0922. The van der Waals surface area contributed by atoms with E-state index in [2.05, 4.69) is 19.2 Å². The van der Waals surface area contributed by atoms with Crippen molar-refractivity contribution in [3.8, 4) is 0 Å². The number of urea groups is 1. The Morgan fingerprint density at radius 2 is 2.12 bits per heavy atom. The van der Waals surface area contributed by atoms with Crippen molar-refractivity contribution in [2.75, 3.05) is 19.8 Å². The van der Waals surface area contributed by atoms with Gasteiger partial charge < -0.3 is 15.0 Å². The van der Waals surface area contributed by atoms with Crippen molar-refractivity contribution in [3.05, 3.63) is 0 Å². The number of likely N-dealkylation sites (tertiary alicyclic amines) is 1. The fourth-order valence-electron chi connectivity index (χ4n) is 2.48. The molecule has 2 rings (SSSR count). The lowest BCUT2D eigenvalue weighted by Gasteiger charge is -2.37. The van der Waals surface area contributed by atoms with E-state index in [4.69, 9.17) is 4.74 Å². The van der Waals surface area contributed by atoms with Crippen LogP contribution < -0.4 is 5.32 Å². The third-order valence-corrected chi connectivity index (χ3v) is 3.64. The summed E-state index contributed by atoms with van der Waals surface area (Å²) >= 11 is 0. The largest absolute Gasteiger partial charge is 0.379 e. The summed E-state index contributed by atoms with van der Waals surface area (Å²) in [5.41, 5.74) is 0. The maximum absolute atomic E-state index is 12.1. The molecule has 0 aliphatic carbocycles. The second kappa shape index (κ2) is 5.04. The van der Waals surface area contributed by atoms with Gasteiger partial charge in [0, 0.05) is 19.2 Å². The second-order valence-electron chi connectivity index (χ2n) is 5.19. The molecule has 2 aliphatic heterocycles. The Bertz CT molecular complexity index is 251. The summed E-state index contributed by atoms with van der Waals surface area (Å²) in [4.78, 5) is 14.0. The van der Waals surface area contributed by atoms with Crippen molar-refractivity contribution in [1.29, 1.82) is 0 Å². The first-order chi connectivity index (χ1) is 7.66. The number of rotatable bonds is 1. The molecule has 0 aromatic heterocycles. The molecule has 0 spiro atoms. The van der Waals surface area contributed by atoms with Crippen LogP contribution in [0.1, 0.15) is 33.1 Å². The van der Waals surface area contributed by atoms with E-state index in [0.717, 1.165) is 26.0 Å². The maximum Gasteiger partial charge on any atom is 0.317 e. The molecule has 2 amide bonds. The summed E-state index contributed by atoms with van der Waals surface area (Å²) < 4.78 is 5.26. The number of piperidine rings is 1. The van der Waals surface area contributed by atoms with E-state index in [-0.39, 0.29) is 12.1 Å². The topological polar surface area (TPSA) is 41.6 Å². The van der Waals surface area contributed by atoms with Crippen LogP contribution in [0, 0.1) is 5.92 Å². The van der Waals surface area contributed by atoms with Crippen LogP contribution >= 0.6 is 0 Å². The van der Waals surface area contributed by atoms with Crippen molar-refractivity contribution < 1.29 is 9.53 Å². The SMILES string of the molecule is CC1CCC(C)N(C(=O)NC2CCOC2)C1. The number of nitrogens with one attached hydrogen (secondary N) is 1. The van der Waals surface area contributed by atoms with E-state index in [1.54, 1.807) is 0 Å². The van der Waals surface area contributed by atoms with Crippen LogP contribution in [0.4, 0.5) is 4.79 Å². The Balaban J connectivity index is 1.86. The van der Waals surface area contributed by atoms with Gasteiger partial charge in [0.05, 0.1) is 12.6 Å². The first-order valence-corrected chi connectivity index (χ1v) is 6.31. The molecule has 0 aromatic rings. The van der Waals surface area contributed by atoms with Gasteiger partial charge in [0.2, 0.25) is 0 Å². The monoisotopic (exact) mass is 226 g/mol. The minimum Gasteiger partial charge on any atom is -0.379 e. The lowest BCUT2D eigenvalue weighted by molar-refractivity contribution is 0.131. The predicted molar refractivity (Wildman–Crippen MR) is 62.3 cm³/mol. The van der Waals surface area contributed by atoms with Gasteiger partial charge in [0.1, 0.15) is 0 Å². The van der Waals surface area contributed by atoms with Crippen LogP contribution in [-0.2, 0) is 4.74 Å². The summed E-state index contributed by atoms with van der Waals surface area (Å²) in [5, 5.41) is 3.06. The van der Waals surface area contributed by atoms with Crippen molar-refractivity contribution in [1.82, 2.24) is 10.2 Å². The summed E-state index contributed by atoms with van der Waals surface area (Å²) in [6.45, 7) is 6.68. The molecule has 3 unspecified atom stereocenters. The molecule has 2 aliphatic rings. The Kier molecular flexibility index (Phi) is 3.69. The van der Waals surface area contributed by atoms with E-state index >= 15 is 0 Å². The quantitative estimate of drug-likeness (QED) is 0.738. The number of hydrogen-bond acceptors (Lipinski definition) is 2. The van der Waals surface area contributed by atoms with Gasteiger partial charge in [-0.05, 0) is 32.1 Å². The number of ether oxygens (including phenoxy) is 1. The highest BCUT2D eigenvalue weighted by molar-refractivity contribution is 5.75. The third kappa shape index (κ3) is 2.67. The van der Waals surface area contributed by atoms with Gasteiger partial charge in [-0.2, -0.15) is 0 Å². The van der Waals surface area contributed by atoms with E-state index in [1.807, 2.05) is 4.90 Å². The highest BCUT2D eigenvalue weighted by Gasteiger charge is 2.28. The molecule has 16 heavy (non-hydrogen) atoms. The lowest BCUT2D eigenvalue weighted by atomic mass is 9.95. The molecular formula is C12H22N2O2. The highest BCUT2D eigenvalue weighted by atomic mass is 16.5. The Hall–Kier alpha value is -0.770. The van der Waals surface area contributed by atoms with Crippen LogP contribution in [0.15, 0.2) is 0 Å². The fraction of sp³-hybridized carbons (Fsp3) is 0.917. The van der Waals surface area contributed by atoms with E-state index in [9.17, 15) is 4.79 Å². The molecular weight excluding hydrogens is 204 g/mol. The van der Waals surface area contributed by atoms with Crippen LogP contribution in [0.25, 0.3) is 0 Å². The minimum atomic E-state index is 0.0922. The Morgan fingerprint density at radius 3 is 2.81 bits per heavy atom. The van der Waals surface area contributed by atoms with Gasteiger partial charge in [0.25, 0.3) is 0 Å². The standard InChI is InChI=1S/C12H22N2O2/c1-9-3-4-10(2)14(7-9)12(15)13-11-5-6-16-8-11/h9-11H,3-8H2,1-2H3,(H,13,15). The molecule has 2 fully saturated rings. The number of carbonyl (C=O) groups is 1. The van der Waals surface area contributed by atoms with Crippen LogP contribution in [0.5, 0.6) is 0 Å². The number of hydrogen-bond donors (Lipinski definition) is 1. The number of nitrogens with zero attached hydrogens (tertiary/aromatic N) is 1. The first-order valence-electron chi connectivity index (χ1n) is 6.31. The van der Waals surface area contributed by atoms with Crippen molar-refractivity contribution in [2.24, 2.45) is 5.92 Å². The lowest BCUT2D eigenvalue weighted by Crippen LogP contribution is -2.52. The molecule has 1 N–H and O–H groups in total. The fourth-order valence-corrected chi connectivity index (χ4v) is 2.48. The summed E-state index contributed by atoms with van der Waals surface area (Å²) in [6, 6.07) is 0.685.